The number of morpholine rings is 1. The minimum absolute atomic E-state index is 0.210. The van der Waals surface area contributed by atoms with Gasteiger partial charge in [0.2, 0.25) is 15.9 Å². The van der Waals surface area contributed by atoms with Gasteiger partial charge in [-0.1, -0.05) is 6.58 Å². The van der Waals surface area contributed by atoms with E-state index < -0.39 is 15.3 Å². The average molecular weight is 260 g/mol. The van der Waals surface area contributed by atoms with Crippen LogP contribution in [0, 0.1) is 0 Å². The van der Waals surface area contributed by atoms with Crippen LogP contribution in [0.4, 0.5) is 0 Å². The van der Waals surface area contributed by atoms with Gasteiger partial charge in [0, 0.05) is 26.2 Å². The van der Waals surface area contributed by atoms with Crippen LogP contribution in [0.2, 0.25) is 0 Å². The number of hydrogen-bond acceptors (Lipinski definition) is 4. The van der Waals surface area contributed by atoms with Crippen LogP contribution < -0.4 is 0 Å². The fourth-order valence-electron chi connectivity index (χ4n) is 1.95. The molecule has 2 saturated heterocycles. The fraction of sp³-hybridized carbons (Fsp3) is 0.700. The van der Waals surface area contributed by atoms with E-state index in [4.69, 9.17) is 4.74 Å². The summed E-state index contributed by atoms with van der Waals surface area (Å²) in [4.78, 5) is 12.7. The molecule has 2 rings (SSSR count). The lowest BCUT2D eigenvalue weighted by Crippen LogP contribution is -2.60. The van der Waals surface area contributed by atoms with Gasteiger partial charge < -0.3 is 9.64 Å². The van der Waals surface area contributed by atoms with Crippen LogP contribution in [0.1, 0.15) is 0 Å². The number of nitrogens with zero attached hydrogens (tertiary/aromatic N) is 2. The molecular formula is C10H16N2O4S. The van der Waals surface area contributed by atoms with Crippen molar-refractivity contribution >= 4 is 15.9 Å². The maximum atomic E-state index is 12.1. The second-order valence-corrected chi connectivity index (χ2v) is 6.34. The molecule has 0 saturated carbocycles. The molecule has 0 N–H and O–H groups in total. The van der Waals surface area contributed by atoms with Gasteiger partial charge in [-0.15, -0.1) is 0 Å². The molecule has 0 aromatic carbocycles. The third-order valence-electron chi connectivity index (χ3n) is 3.09. The quantitative estimate of drug-likeness (QED) is 0.613. The highest BCUT2D eigenvalue weighted by Crippen LogP contribution is 2.21. The van der Waals surface area contributed by atoms with Gasteiger partial charge in [-0.2, -0.15) is 4.31 Å². The Kier molecular flexibility index (Phi) is 3.50. The van der Waals surface area contributed by atoms with Gasteiger partial charge in [-0.25, -0.2) is 8.42 Å². The second-order valence-electron chi connectivity index (χ2n) is 4.13. The number of ether oxygens (including phenoxy) is 1. The van der Waals surface area contributed by atoms with Crippen molar-refractivity contribution in [1.29, 1.82) is 0 Å². The minimum atomic E-state index is -3.27. The Labute approximate surface area is 101 Å². The van der Waals surface area contributed by atoms with Gasteiger partial charge in [0.15, 0.2) is 0 Å². The summed E-state index contributed by atoms with van der Waals surface area (Å²) in [5.74, 6) is -0.210. The van der Waals surface area contributed by atoms with Crippen molar-refractivity contribution in [3.8, 4) is 0 Å². The van der Waals surface area contributed by atoms with Crippen LogP contribution in [0.5, 0.6) is 0 Å². The van der Waals surface area contributed by atoms with E-state index in [-0.39, 0.29) is 19.0 Å². The maximum absolute atomic E-state index is 12.1. The third-order valence-corrected chi connectivity index (χ3v) is 5.31. The zero-order chi connectivity index (χ0) is 12.5. The van der Waals surface area contributed by atoms with E-state index in [9.17, 15) is 13.2 Å². The van der Waals surface area contributed by atoms with E-state index in [1.165, 1.54) is 15.3 Å². The summed E-state index contributed by atoms with van der Waals surface area (Å²) in [5, 5.41) is -0.468. The van der Waals surface area contributed by atoms with Crippen molar-refractivity contribution in [2.24, 2.45) is 0 Å². The van der Waals surface area contributed by atoms with Crippen molar-refractivity contribution in [3.05, 3.63) is 12.7 Å². The molecule has 17 heavy (non-hydrogen) atoms. The summed E-state index contributed by atoms with van der Waals surface area (Å²) < 4.78 is 30.8. The summed E-state index contributed by atoms with van der Waals surface area (Å²) in [7, 11) is -3.27. The van der Waals surface area contributed by atoms with Crippen molar-refractivity contribution in [1.82, 2.24) is 9.21 Å². The van der Waals surface area contributed by atoms with Crippen LogP contribution in [0.3, 0.4) is 0 Å². The number of hydrogen-bond donors (Lipinski definition) is 0. The van der Waals surface area contributed by atoms with Crippen LogP contribution in [-0.2, 0) is 19.6 Å². The molecule has 2 aliphatic rings. The zero-order valence-electron chi connectivity index (χ0n) is 9.54. The molecule has 7 heteroatoms. The lowest BCUT2D eigenvalue weighted by molar-refractivity contribution is -0.129. The van der Waals surface area contributed by atoms with Crippen molar-refractivity contribution in [2.75, 3.05) is 39.4 Å². The predicted octanol–water partition coefficient (Wildman–Crippen LogP) is -0.955. The molecule has 2 fully saturated rings. The molecule has 1 amide bonds. The molecule has 0 aromatic rings. The molecule has 6 nitrogen and oxygen atoms in total. The summed E-state index contributed by atoms with van der Waals surface area (Å²) in [6.07, 6.45) is 1.21. The summed E-state index contributed by atoms with van der Waals surface area (Å²) in [6, 6.07) is 0. The van der Waals surface area contributed by atoms with Crippen molar-refractivity contribution < 1.29 is 17.9 Å². The van der Waals surface area contributed by atoms with Gasteiger partial charge in [-0.3, -0.25) is 4.79 Å². The highest BCUT2D eigenvalue weighted by atomic mass is 32.2. The van der Waals surface area contributed by atoms with Crippen molar-refractivity contribution in [2.45, 2.75) is 5.25 Å². The number of carbonyl (C=O) groups excluding carboxylic acids is 1. The number of carbonyl (C=O) groups is 1. The Morgan fingerprint density at radius 1 is 1.29 bits per heavy atom. The van der Waals surface area contributed by atoms with E-state index >= 15 is 0 Å². The standard InChI is InChI=1S/C10H16N2O4S/c1-2-10(13)11-7-9(8-11)17(14,15)12-3-5-16-6-4-12/h2,9H,1,3-8H2. The molecule has 2 heterocycles. The number of likely N-dealkylation sites (tertiary alicyclic amines) is 1. The zero-order valence-corrected chi connectivity index (χ0v) is 10.4. The van der Waals surface area contributed by atoms with Gasteiger partial charge >= 0.3 is 0 Å². The van der Waals surface area contributed by atoms with E-state index in [2.05, 4.69) is 6.58 Å². The van der Waals surface area contributed by atoms with E-state index in [1.54, 1.807) is 0 Å². The van der Waals surface area contributed by atoms with E-state index in [0.717, 1.165) is 0 Å². The molecule has 0 aromatic heterocycles. The summed E-state index contributed by atoms with van der Waals surface area (Å²) >= 11 is 0. The number of amides is 1. The van der Waals surface area contributed by atoms with Gasteiger partial charge in [0.1, 0.15) is 5.25 Å². The SMILES string of the molecule is C=CC(=O)N1CC(S(=O)(=O)N2CCOCC2)C1. The van der Waals surface area contributed by atoms with Crippen LogP contribution in [0.25, 0.3) is 0 Å². The maximum Gasteiger partial charge on any atom is 0.246 e. The van der Waals surface area contributed by atoms with Gasteiger partial charge in [0.25, 0.3) is 0 Å². The highest BCUT2D eigenvalue weighted by Gasteiger charge is 2.42. The number of sulfonamides is 1. The normalized spacial score (nSPS) is 23.2. The third kappa shape index (κ3) is 2.36. The second kappa shape index (κ2) is 4.75. The fourth-order valence-corrected chi connectivity index (χ4v) is 3.76. The Morgan fingerprint density at radius 3 is 2.41 bits per heavy atom. The molecule has 0 radical (unpaired) electrons. The largest absolute Gasteiger partial charge is 0.379 e. The molecule has 0 atom stereocenters. The Balaban J connectivity index is 1.95. The van der Waals surface area contributed by atoms with Crippen LogP contribution in [-0.4, -0.2) is 68.2 Å². The molecule has 96 valence electrons. The van der Waals surface area contributed by atoms with E-state index in [1.807, 2.05) is 0 Å². The lowest BCUT2D eigenvalue weighted by atomic mass is 10.2. The summed E-state index contributed by atoms with van der Waals surface area (Å²) in [6.45, 7) is 5.62. The first-order valence-corrected chi connectivity index (χ1v) is 7.04. The Hall–Kier alpha value is -0.920. The van der Waals surface area contributed by atoms with E-state index in [0.29, 0.717) is 26.3 Å². The molecule has 2 aliphatic heterocycles. The first-order valence-electron chi connectivity index (χ1n) is 5.54. The Morgan fingerprint density at radius 2 is 1.88 bits per heavy atom. The molecule has 0 bridgehead atoms. The molecule has 0 unspecified atom stereocenters. The molecular weight excluding hydrogens is 244 g/mol. The van der Waals surface area contributed by atoms with Crippen LogP contribution in [0.15, 0.2) is 12.7 Å². The van der Waals surface area contributed by atoms with Crippen molar-refractivity contribution in [3.63, 3.8) is 0 Å². The average Bonchev–Trinajstić information content (AvgIpc) is 2.27. The molecule has 0 spiro atoms. The predicted molar refractivity (Wildman–Crippen MR) is 61.9 cm³/mol. The smallest absolute Gasteiger partial charge is 0.246 e. The first kappa shape index (κ1) is 12.5. The molecule has 0 aliphatic carbocycles. The lowest BCUT2D eigenvalue weighted by Gasteiger charge is -2.41. The minimum Gasteiger partial charge on any atom is -0.379 e. The van der Waals surface area contributed by atoms with Crippen LogP contribution >= 0.6 is 0 Å². The number of rotatable bonds is 3. The van der Waals surface area contributed by atoms with Gasteiger partial charge in [-0.05, 0) is 6.08 Å². The topological polar surface area (TPSA) is 66.9 Å². The Bertz CT molecular complexity index is 408. The highest BCUT2D eigenvalue weighted by molar-refractivity contribution is 7.89. The van der Waals surface area contributed by atoms with Gasteiger partial charge in [0.05, 0.1) is 13.2 Å². The summed E-state index contributed by atoms with van der Waals surface area (Å²) in [5.41, 5.74) is 0. The first-order chi connectivity index (χ1) is 8.05. The monoisotopic (exact) mass is 260 g/mol.